The summed E-state index contributed by atoms with van der Waals surface area (Å²) < 4.78 is 2.09. The number of aryl methyl sites for hydroxylation is 1. The van der Waals surface area contributed by atoms with Gasteiger partial charge in [-0.2, -0.15) is 0 Å². The maximum Gasteiger partial charge on any atom is 0.159 e. The molecule has 3 aromatic rings. The Kier molecular flexibility index (Phi) is 10.2. The van der Waals surface area contributed by atoms with Crippen LogP contribution in [0.15, 0.2) is 59.6 Å². The number of carbonyl (C=O) groups is 1. The van der Waals surface area contributed by atoms with Gasteiger partial charge in [-0.3, -0.25) is 9.56 Å². The normalized spacial score (nSPS) is 10.8. The van der Waals surface area contributed by atoms with Crippen molar-refractivity contribution in [3.8, 4) is 5.69 Å². The first-order valence-electron chi connectivity index (χ1n) is 10.2. The average Bonchev–Trinajstić information content (AvgIpc) is 3.03. The van der Waals surface area contributed by atoms with Crippen molar-refractivity contribution in [1.82, 2.24) is 14.8 Å². The summed E-state index contributed by atoms with van der Waals surface area (Å²) >= 11 is 0. The first-order valence-corrected chi connectivity index (χ1v) is 10.2. The quantitative estimate of drug-likeness (QED) is 0.543. The molecule has 1 aliphatic rings. The van der Waals surface area contributed by atoms with Crippen LogP contribution in [0.3, 0.4) is 0 Å². The fourth-order valence-electron chi connectivity index (χ4n) is 2.77. The van der Waals surface area contributed by atoms with Crippen LogP contribution in [0.25, 0.3) is 5.69 Å². The molecule has 0 unspecified atom stereocenters. The van der Waals surface area contributed by atoms with E-state index in [4.69, 9.17) is 4.99 Å². The van der Waals surface area contributed by atoms with Gasteiger partial charge in [0.25, 0.3) is 0 Å². The summed E-state index contributed by atoms with van der Waals surface area (Å²) in [6.45, 7) is 13.6. The summed E-state index contributed by atoms with van der Waals surface area (Å²) in [5, 5.41) is 8.43. The lowest BCUT2D eigenvalue weighted by Crippen LogP contribution is -2.07. The highest BCUT2D eigenvalue weighted by Crippen LogP contribution is 2.25. The summed E-state index contributed by atoms with van der Waals surface area (Å²) in [6.07, 6.45) is 0. The Balaban J connectivity index is 0.000000463. The highest BCUT2D eigenvalue weighted by molar-refractivity contribution is 6.15. The number of ketones is 1. The molecule has 0 atom stereocenters. The predicted octanol–water partition coefficient (Wildman–Crippen LogP) is 5.57. The monoisotopic (exact) mass is 392 g/mol. The Labute approximate surface area is 174 Å². The van der Waals surface area contributed by atoms with Crippen molar-refractivity contribution in [1.29, 1.82) is 0 Å². The fourth-order valence-corrected chi connectivity index (χ4v) is 2.77. The molecule has 0 radical (unpaired) electrons. The first kappa shape index (κ1) is 24.0. The van der Waals surface area contributed by atoms with Crippen LogP contribution in [0.4, 0.5) is 0 Å². The maximum atomic E-state index is 9.44. The highest BCUT2D eigenvalue weighted by atomic mass is 16.1. The molecule has 0 aliphatic carbocycles. The van der Waals surface area contributed by atoms with E-state index in [1.165, 1.54) is 13.8 Å². The van der Waals surface area contributed by atoms with Crippen molar-refractivity contribution in [3.63, 3.8) is 0 Å². The summed E-state index contributed by atoms with van der Waals surface area (Å²) in [5.41, 5.74) is 4.35. The van der Waals surface area contributed by atoms with Crippen molar-refractivity contribution < 1.29 is 4.79 Å². The van der Waals surface area contributed by atoms with Gasteiger partial charge in [0.2, 0.25) is 0 Å². The number of fused-ring (bicyclic) bond motifs is 3. The van der Waals surface area contributed by atoms with Crippen molar-refractivity contribution in [2.24, 2.45) is 4.99 Å². The molecule has 0 saturated carbocycles. The topological polar surface area (TPSA) is 60.1 Å². The van der Waals surface area contributed by atoms with Gasteiger partial charge < -0.3 is 4.79 Å². The average molecular weight is 393 g/mol. The van der Waals surface area contributed by atoms with Gasteiger partial charge in [-0.05, 0) is 26.8 Å². The second-order valence-electron chi connectivity index (χ2n) is 5.96. The van der Waals surface area contributed by atoms with E-state index in [0.717, 1.165) is 34.2 Å². The predicted molar refractivity (Wildman–Crippen MR) is 121 cm³/mol. The van der Waals surface area contributed by atoms with Crippen LogP contribution in [0, 0.1) is 6.92 Å². The summed E-state index contributed by atoms with van der Waals surface area (Å²) in [5.74, 6) is 1.94. The van der Waals surface area contributed by atoms with Gasteiger partial charge in [-0.1, -0.05) is 76.2 Å². The lowest BCUT2D eigenvalue weighted by atomic mass is 10.0. The molecule has 0 fully saturated rings. The third-order valence-corrected chi connectivity index (χ3v) is 3.72. The molecule has 2 heterocycles. The van der Waals surface area contributed by atoms with Crippen LogP contribution < -0.4 is 0 Å². The van der Waals surface area contributed by atoms with E-state index >= 15 is 0 Å². The van der Waals surface area contributed by atoms with Crippen LogP contribution in [0.5, 0.6) is 0 Å². The van der Waals surface area contributed by atoms with E-state index in [1.54, 1.807) is 0 Å². The zero-order valence-electron chi connectivity index (χ0n) is 18.6. The molecule has 2 aromatic carbocycles. The van der Waals surface area contributed by atoms with E-state index in [2.05, 4.69) is 39.0 Å². The molecule has 4 rings (SSSR count). The van der Waals surface area contributed by atoms with Gasteiger partial charge in [0.05, 0.1) is 11.4 Å². The molecule has 0 amide bonds. The highest BCUT2D eigenvalue weighted by Gasteiger charge is 2.20. The molecule has 0 spiro atoms. The number of benzene rings is 2. The molecule has 1 aliphatic heterocycles. The third-order valence-electron chi connectivity index (χ3n) is 3.72. The number of para-hydroxylation sites is 1. The van der Waals surface area contributed by atoms with Gasteiger partial charge in [-0.15, -0.1) is 10.2 Å². The van der Waals surface area contributed by atoms with Crippen LogP contribution in [-0.2, 0) is 11.3 Å². The summed E-state index contributed by atoms with van der Waals surface area (Å²) in [7, 11) is 0. The smallest absolute Gasteiger partial charge is 0.159 e. The molecule has 5 heteroatoms. The SMILES string of the molecule is CC.CC.CC(C)=O.Cc1nnc2n1-c1ccccc1C(c1ccccc1)=NC2. The maximum absolute atomic E-state index is 9.44. The second-order valence-corrected chi connectivity index (χ2v) is 5.96. The van der Waals surface area contributed by atoms with E-state index in [9.17, 15) is 4.79 Å². The van der Waals surface area contributed by atoms with Gasteiger partial charge in [-0.25, -0.2) is 0 Å². The van der Waals surface area contributed by atoms with Crippen LogP contribution in [-0.4, -0.2) is 26.3 Å². The minimum atomic E-state index is 0.167. The molecule has 154 valence electrons. The number of nitrogens with zero attached hydrogens (tertiary/aromatic N) is 4. The zero-order chi connectivity index (χ0) is 21.8. The van der Waals surface area contributed by atoms with Crippen molar-refractivity contribution in [2.45, 2.75) is 55.0 Å². The van der Waals surface area contributed by atoms with E-state index in [0.29, 0.717) is 6.54 Å². The standard InChI is InChI=1S/C17H14N4.C3H6O.2C2H6/c1-12-19-20-16-11-18-17(13-7-3-2-4-8-13)14-9-5-6-10-15(14)21(12)16;1-3(2)4;2*1-2/h2-10H,11H2,1H3;1-2H3;2*1-2H3. The zero-order valence-corrected chi connectivity index (χ0v) is 18.6. The second kappa shape index (κ2) is 12.4. The molecule has 5 nitrogen and oxygen atoms in total. The number of hydrogen-bond acceptors (Lipinski definition) is 4. The number of aromatic nitrogens is 3. The molecular weight excluding hydrogens is 360 g/mol. The first-order chi connectivity index (χ1) is 14.1. The molecule has 1 aromatic heterocycles. The molecule has 29 heavy (non-hydrogen) atoms. The Hall–Kier alpha value is -3.08. The fraction of sp³-hybridized carbons (Fsp3) is 0.333. The largest absolute Gasteiger partial charge is 0.300 e. The van der Waals surface area contributed by atoms with Crippen molar-refractivity contribution >= 4 is 11.5 Å². The lowest BCUT2D eigenvalue weighted by molar-refractivity contribution is -0.114. The molecule has 0 saturated heterocycles. The van der Waals surface area contributed by atoms with Gasteiger partial charge in [0.1, 0.15) is 18.2 Å². The Morgan fingerprint density at radius 1 is 0.862 bits per heavy atom. The summed E-state index contributed by atoms with van der Waals surface area (Å²) in [4.78, 5) is 14.2. The van der Waals surface area contributed by atoms with Gasteiger partial charge in [0.15, 0.2) is 5.82 Å². The van der Waals surface area contributed by atoms with Crippen molar-refractivity contribution in [2.75, 3.05) is 0 Å². The number of carbonyl (C=O) groups excluding carboxylic acids is 1. The van der Waals surface area contributed by atoms with Crippen LogP contribution >= 0.6 is 0 Å². The number of rotatable bonds is 1. The van der Waals surface area contributed by atoms with Crippen molar-refractivity contribution in [3.05, 3.63) is 77.4 Å². The third kappa shape index (κ3) is 6.21. The minimum Gasteiger partial charge on any atom is -0.300 e. The Morgan fingerprint density at radius 3 is 2.03 bits per heavy atom. The molecule has 0 bridgehead atoms. The van der Waals surface area contributed by atoms with E-state index in [-0.39, 0.29) is 5.78 Å². The number of hydrogen-bond donors (Lipinski definition) is 0. The Morgan fingerprint density at radius 2 is 1.41 bits per heavy atom. The lowest BCUT2D eigenvalue weighted by Gasteiger charge is -2.12. The van der Waals surface area contributed by atoms with E-state index in [1.807, 2.05) is 65.0 Å². The number of aliphatic imine (C=N–C) groups is 1. The van der Waals surface area contributed by atoms with E-state index < -0.39 is 0 Å². The number of Topliss-reactive ketones (excluding diaryl/α,β-unsaturated/α-hetero) is 1. The van der Waals surface area contributed by atoms with Gasteiger partial charge in [0, 0.05) is 11.1 Å². The molecular formula is C24H32N4O. The van der Waals surface area contributed by atoms with Crippen LogP contribution in [0.2, 0.25) is 0 Å². The molecule has 0 N–H and O–H groups in total. The summed E-state index contributed by atoms with van der Waals surface area (Å²) in [6, 6.07) is 18.6. The van der Waals surface area contributed by atoms with Crippen LogP contribution in [0.1, 0.15) is 64.3 Å². The Bertz CT molecular complexity index is 923. The minimum absolute atomic E-state index is 0.167. The van der Waals surface area contributed by atoms with Gasteiger partial charge >= 0.3 is 0 Å².